The summed E-state index contributed by atoms with van der Waals surface area (Å²) in [6.45, 7) is 0.388. The highest BCUT2D eigenvalue weighted by atomic mass is 79.9. The van der Waals surface area contributed by atoms with E-state index in [2.05, 4.69) is 83.5 Å². The highest BCUT2D eigenvalue weighted by Crippen LogP contribution is 2.46. The Hall–Kier alpha value is -7.00. The number of fused-ring (bicyclic) bond motifs is 2. The second kappa shape index (κ2) is 23.9. The van der Waals surface area contributed by atoms with Crippen LogP contribution in [-0.2, 0) is 48.6 Å². The quantitative estimate of drug-likeness (QED) is 0.0402. The van der Waals surface area contributed by atoms with E-state index in [1.165, 1.54) is 23.5 Å². The number of hydrogen-bond acceptors (Lipinski definition) is 15. The number of aromatic nitrogens is 4. The number of ether oxygens (including phenoxy) is 4. The molecule has 8 rings (SSSR count). The summed E-state index contributed by atoms with van der Waals surface area (Å²) in [6.07, 6.45) is 6.82. The molecular weight excluding hydrogens is 1050 g/mol. The van der Waals surface area contributed by atoms with Gasteiger partial charge in [0.15, 0.2) is 0 Å². The molecule has 6 aromatic rings. The molecule has 0 spiro atoms. The van der Waals surface area contributed by atoms with E-state index in [0.29, 0.717) is 80.1 Å². The van der Waals surface area contributed by atoms with Crippen LogP contribution in [0.3, 0.4) is 0 Å². The van der Waals surface area contributed by atoms with E-state index in [4.69, 9.17) is 39.1 Å². The van der Waals surface area contributed by atoms with E-state index in [1.54, 1.807) is 24.5 Å². The van der Waals surface area contributed by atoms with E-state index in [-0.39, 0.29) is 57.2 Å². The topological polar surface area (TPSA) is 263 Å². The zero-order valence-electron chi connectivity index (χ0n) is 38.8. The van der Waals surface area contributed by atoms with Gasteiger partial charge in [-0.25, -0.2) is 0 Å². The van der Waals surface area contributed by atoms with Gasteiger partial charge in [-0.05, 0) is 134 Å². The summed E-state index contributed by atoms with van der Waals surface area (Å²) in [5, 5.41) is 60.4. The number of nitrogens with zero attached hydrogens (tertiary/aromatic N) is 6. The van der Waals surface area contributed by atoms with Crippen molar-refractivity contribution in [2.75, 3.05) is 6.54 Å². The molecule has 4 heterocycles. The Morgan fingerprint density at radius 2 is 1.19 bits per heavy atom. The molecule has 370 valence electrons. The molecule has 0 aliphatic heterocycles. The van der Waals surface area contributed by atoms with Crippen LogP contribution in [0.4, 0.5) is 0 Å². The van der Waals surface area contributed by atoms with Crippen LogP contribution in [0.5, 0.6) is 23.5 Å². The molecule has 2 aliphatic rings. The Morgan fingerprint density at radius 1 is 0.694 bits per heavy atom. The maximum atomic E-state index is 11.1. The number of nitriles is 2. The number of carboxylic acids is 2. The summed E-state index contributed by atoms with van der Waals surface area (Å²) < 4.78 is 27.0. The normalized spacial score (nSPS) is 15.4. The van der Waals surface area contributed by atoms with E-state index >= 15 is 0 Å². The summed E-state index contributed by atoms with van der Waals surface area (Å²) >= 11 is 7.34. The summed E-state index contributed by atoms with van der Waals surface area (Å²) in [7, 11) is 0. The van der Waals surface area contributed by atoms with Gasteiger partial charge in [-0.2, -0.15) is 20.5 Å². The number of aliphatic hydroxyl groups excluding tert-OH is 2. The zero-order valence-corrected chi connectivity index (χ0v) is 41.9. The molecule has 2 aliphatic carbocycles. The number of aliphatic hydroxyl groups is 2. The average Bonchev–Trinajstić information content (AvgIpc) is 3.98. The molecule has 5 N–H and O–H groups in total. The first kappa shape index (κ1) is 51.4. The van der Waals surface area contributed by atoms with Crippen molar-refractivity contribution in [3.63, 3.8) is 0 Å². The Morgan fingerprint density at radius 3 is 1.71 bits per heavy atom. The Balaban J connectivity index is 1.01. The molecule has 0 saturated heterocycles. The largest absolute Gasteiger partial charge is 0.481 e. The van der Waals surface area contributed by atoms with Gasteiger partial charge in [0.25, 0.3) is 0 Å². The lowest BCUT2D eigenvalue weighted by Crippen LogP contribution is -2.28. The molecule has 0 amide bonds. The number of halogens is 2. The number of nitrogens with one attached hydrogen (secondary N) is 1. The number of hydrogen-bond donors (Lipinski definition) is 5. The molecule has 0 radical (unpaired) electrons. The second-order valence-corrected chi connectivity index (χ2v) is 19.2. The van der Waals surface area contributed by atoms with Gasteiger partial charge in [0, 0.05) is 60.1 Å². The van der Waals surface area contributed by atoms with Crippen molar-refractivity contribution < 1.29 is 49.0 Å². The molecule has 17 nitrogen and oxygen atoms in total. The van der Waals surface area contributed by atoms with Crippen molar-refractivity contribution >= 4 is 43.8 Å². The molecule has 19 heteroatoms. The average molecular weight is 1100 g/mol. The van der Waals surface area contributed by atoms with Gasteiger partial charge < -0.3 is 44.7 Å². The van der Waals surface area contributed by atoms with Gasteiger partial charge >= 0.3 is 11.9 Å². The van der Waals surface area contributed by atoms with Crippen LogP contribution in [0.25, 0.3) is 11.1 Å². The number of benzene rings is 2. The number of aryl methyl sites for hydroxylation is 1. The number of carboxylic acid groups (broad SMARTS) is 2. The third kappa shape index (κ3) is 12.9. The van der Waals surface area contributed by atoms with Crippen LogP contribution in [0.15, 0.2) is 94.4 Å². The van der Waals surface area contributed by atoms with Gasteiger partial charge in [-0.15, -0.1) is 0 Å². The number of rotatable bonds is 23. The van der Waals surface area contributed by atoms with Crippen LogP contribution in [0, 0.1) is 22.7 Å². The van der Waals surface area contributed by atoms with Gasteiger partial charge in [0.05, 0.1) is 45.1 Å². The first-order valence-electron chi connectivity index (χ1n) is 23.3. The van der Waals surface area contributed by atoms with Crippen LogP contribution in [0.1, 0.15) is 106 Å². The lowest BCUT2D eigenvalue weighted by Gasteiger charge is -2.20. The number of carbonyl (C=O) groups is 2. The van der Waals surface area contributed by atoms with Crippen molar-refractivity contribution in [2.24, 2.45) is 0 Å². The lowest BCUT2D eigenvalue weighted by atomic mass is 9.91. The summed E-state index contributed by atoms with van der Waals surface area (Å²) in [5.74, 6) is -0.946. The van der Waals surface area contributed by atoms with Gasteiger partial charge in [0.2, 0.25) is 23.5 Å². The smallest absolute Gasteiger partial charge is 0.306 e. The molecule has 0 fully saturated rings. The first-order valence-corrected chi connectivity index (χ1v) is 24.8. The lowest BCUT2D eigenvalue weighted by molar-refractivity contribution is -0.140. The number of pyridine rings is 4. The predicted octanol–water partition coefficient (Wildman–Crippen LogP) is 8.58. The Labute approximate surface area is 431 Å². The van der Waals surface area contributed by atoms with Crippen LogP contribution >= 0.6 is 31.9 Å². The fraction of sp³-hybridized carbons (Fsp3) is 0.321. The summed E-state index contributed by atoms with van der Waals surface area (Å²) in [5.41, 5.74) is 10.1. The standard InChI is InChI=1S/C53H49Br2N7O10/c54-44-16-34(4-1-5-36(63)18-48(65)66)50(69-28-32-14-30(20-56)22-58-24-32)61-52(44)71-46-12-10-40-38(6-2-8-42(40)46)39-7-3-9-43-41(39)11-13-47(43)72-53-45(55)17-35(26-60-27-37(64)19-49(67)68)51(62-53)70-29-33-15-31(21-57)23-59-25-33/h2-3,6-9,14-17,22-25,36-37,46-47,60,63-64H,1,4-5,10-13,18-19,26-29H2,(H,65,66)(H,67,68)/t36-,37+,46+,47+/m1/s1. The molecule has 2 aromatic carbocycles. The zero-order chi connectivity index (χ0) is 50.7. The molecule has 72 heavy (non-hydrogen) atoms. The van der Waals surface area contributed by atoms with Crippen LogP contribution in [-0.4, -0.2) is 71.1 Å². The van der Waals surface area contributed by atoms with Crippen molar-refractivity contribution in [3.8, 4) is 46.8 Å². The third-order valence-electron chi connectivity index (χ3n) is 12.3. The first-order chi connectivity index (χ1) is 34.8. The van der Waals surface area contributed by atoms with Crippen molar-refractivity contribution in [3.05, 3.63) is 150 Å². The molecular formula is C53H49Br2N7O10. The molecule has 0 unspecified atom stereocenters. The van der Waals surface area contributed by atoms with E-state index < -0.39 is 30.6 Å². The monoisotopic (exact) mass is 1100 g/mol. The summed E-state index contributed by atoms with van der Waals surface area (Å²) in [4.78, 5) is 40.2. The maximum absolute atomic E-state index is 11.1. The summed E-state index contributed by atoms with van der Waals surface area (Å²) in [6, 6.07) is 23.8. The minimum atomic E-state index is -1.10. The molecule has 4 aromatic heterocycles. The van der Waals surface area contributed by atoms with Crippen LogP contribution < -0.4 is 24.3 Å². The highest BCUT2D eigenvalue weighted by Gasteiger charge is 2.32. The van der Waals surface area contributed by atoms with Crippen LogP contribution in [0.2, 0.25) is 0 Å². The van der Waals surface area contributed by atoms with Gasteiger partial charge in [-0.3, -0.25) is 19.6 Å². The van der Waals surface area contributed by atoms with E-state index in [1.807, 2.05) is 24.3 Å². The van der Waals surface area contributed by atoms with E-state index in [0.717, 1.165) is 40.7 Å². The highest BCUT2D eigenvalue weighted by molar-refractivity contribution is 9.10. The minimum Gasteiger partial charge on any atom is -0.481 e. The van der Waals surface area contributed by atoms with Gasteiger partial charge in [-0.1, -0.05) is 36.4 Å². The predicted molar refractivity (Wildman–Crippen MR) is 267 cm³/mol. The third-order valence-corrected chi connectivity index (χ3v) is 13.4. The fourth-order valence-corrected chi connectivity index (χ4v) is 9.91. The maximum Gasteiger partial charge on any atom is 0.306 e. The molecule has 0 saturated carbocycles. The van der Waals surface area contributed by atoms with Crippen molar-refractivity contribution in [2.45, 2.75) is 102 Å². The van der Waals surface area contributed by atoms with Crippen molar-refractivity contribution in [1.29, 1.82) is 10.5 Å². The number of aliphatic carboxylic acids is 2. The fourth-order valence-electron chi connectivity index (χ4n) is 9.00. The molecule has 4 atom stereocenters. The van der Waals surface area contributed by atoms with E-state index in [9.17, 15) is 30.3 Å². The Bertz CT molecular complexity index is 2850. The Kier molecular flexibility index (Phi) is 17.1. The minimum absolute atomic E-state index is 0.0313. The van der Waals surface area contributed by atoms with Gasteiger partial charge in [0.1, 0.15) is 37.6 Å². The SMILES string of the molecule is N#Cc1cncc(COc2nc(O[C@H]3CCc4c(-c5cccc6c5CC[C@@H]6Oc5nc(OCc6cncc(C#N)c6)c(CNC[C@@H](O)CC(=O)O)cc5Br)cccc43)c(Br)cc2CCC[C@@H](O)CC(=O)O)c1. The molecule has 0 bridgehead atoms. The van der Waals surface area contributed by atoms with Crippen molar-refractivity contribution in [1.82, 2.24) is 25.3 Å². The second-order valence-electron chi connectivity index (χ2n) is 17.5.